The summed E-state index contributed by atoms with van der Waals surface area (Å²) in [6, 6.07) is 21.1. The average molecular weight is 760 g/mol. The molecular weight excluding hydrogens is 725 g/mol. The van der Waals surface area contributed by atoms with Crippen molar-refractivity contribution in [1.29, 1.82) is 0 Å². The van der Waals surface area contributed by atoms with Crippen LogP contribution in [-0.2, 0) is 35.5 Å². The molecule has 0 N–H and O–H groups in total. The van der Waals surface area contributed by atoms with Crippen LogP contribution in [0.1, 0.15) is 82.7 Å². The van der Waals surface area contributed by atoms with Gasteiger partial charge in [-0.3, -0.25) is 9.13 Å². The third kappa shape index (κ3) is 7.19. The van der Waals surface area contributed by atoms with Gasteiger partial charge >= 0.3 is 24.8 Å². The van der Waals surface area contributed by atoms with Crippen molar-refractivity contribution in [2.75, 3.05) is 0 Å². The Morgan fingerprint density at radius 2 is 1.31 bits per heavy atom. The molecule has 0 saturated carbocycles. The zero-order chi connectivity index (χ0) is 33.8. The molecule has 0 aliphatic carbocycles. The molecule has 2 aliphatic heterocycles. The number of nitrogens with zero attached hydrogens (tertiary/aromatic N) is 7. The van der Waals surface area contributed by atoms with Gasteiger partial charge in [-0.15, -0.1) is 43.1 Å². The van der Waals surface area contributed by atoms with Gasteiger partial charge in [-0.05, 0) is 84.1 Å². The van der Waals surface area contributed by atoms with E-state index in [-0.39, 0.29) is 12.2 Å². The van der Waals surface area contributed by atoms with Crippen molar-refractivity contribution in [2.45, 2.75) is 66.0 Å². The molecule has 2 aromatic carbocycles. The normalized spacial score (nSPS) is 16.0. The fraction of sp³-hybridized carbons (Fsp3) is 0.294. The summed E-state index contributed by atoms with van der Waals surface area (Å²) in [5.41, 5.74) is 7.75. The maximum atomic E-state index is 6.02. The van der Waals surface area contributed by atoms with E-state index in [9.17, 15) is 0 Å². The summed E-state index contributed by atoms with van der Waals surface area (Å²) < 4.78 is 20.1. The summed E-state index contributed by atoms with van der Waals surface area (Å²) in [5.74, 6) is 3.59. The fourth-order valence-electron chi connectivity index (χ4n) is 5.83. The Labute approximate surface area is 303 Å². The van der Waals surface area contributed by atoms with Gasteiger partial charge in [0, 0.05) is 11.1 Å². The van der Waals surface area contributed by atoms with E-state index in [1.807, 2.05) is 33.8 Å². The van der Waals surface area contributed by atoms with Crippen molar-refractivity contribution >= 4 is 59.1 Å². The molecule has 0 fully saturated rings. The molecule has 245 valence electrons. The first kappa shape index (κ1) is 34.6. The standard InChI is InChI=1S/C17H16BrN3OS.C17H17N3OS.BHNS/c1-10-16-20-19-11(2)21(16)17-14(9-22-10)13(15(18)23-17)8-12-6-4-3-5-7-12;1-11-16-19-18-12(2)20(16)17-15(9-21-11)14(10-22-17)8-13-6-4-3-5-7-13;1-2-3/h3-7,10H,8-9H2,1-2H3;3-7,10-11H,8-9H2,1-2H3;3H/t10-;11-;/m00./s1. The van der Waals surface area contributed by atoms with Gasteiger partial charge in [-0.25, -0.2) is 0 Å². The van der Waals surface area contributed by atoms with E-state index < -0.39 is 0 Å². The Morgan fingerprint density at radius 3 is 1.88 bits per heavy atom. The number of ether oxygens (including phenoxy) is 2. The minimum absolute atomic E-state index is 0.0367. The molecule has 14 heteroatoms. The molecule has 0 bridgehead atoms. The number of fused-ring (bicyclic) bond motifs is 6. The van der Waals surface area contributed by atoms with Crippen LogP contribution in [0.2, 0.25) is 0 Å². The van der Waals surface area contributed by atoms with E-state index in [2.05, 4.69) is 130 Å². The number of aryl methyl sites for hydroxylation is 2. The number of hydrogen-bond donors (Lipinski definition) is 1. The summed E-state index contributed by atoms with van der Waals surface area (Å²) in [7, 11) is 4.34. The number of thiol groups is 1. The Hall–Kier alpha value is -3.27. The van der Waals surface area contributed by atoms with Crippen LogP contribution in [0, 0.1) is 13.8 Å². The van der Waals surface area contributed by atoms with Crippen LogP contribution in [0.15, 0.2) is 74.1 Å². The summed E-state index contributed by atoms with van der Waals surface area (Å²) in [5, 5.41) is 21.7. The van der Waals surface area contributed by atoms with Crippen LogP contribution in [0.3, 0.4) is 0 Å². The molecule has 8 rings (SSSR count). The maximum absolute atomic E-state index is 6.02. The molecule has 2 atom stereocenters. The fourth-order valence-corrected chi connectivity index (χ4v) is 8.92. The van der Waals surface area contributed by atoms with Gasteiger partial charge in [0.2, 0.25) is 0 Å². The molecule has 4 aromatic heterocycles. The number of aromatic nitrogens is 6. The third-order valence-corrected chi connectivity index (χ3v) is 11.3. The molecule has 1 radical (unpaired) electrons. The molecular formula is C34H34BBrN7O2S3. The van der Waals surface area contributed by atoms with Gasteiger partial charge < -0.3 is 9.47 Å². The van der Waals surface area contributed by atoms with Crippen molar-refractivity contribution in [2.24, 2.45) is 4.30 Å². The van der Waals surface area contributed by atoms with E-state index in [1.165, 1.54) is 43.4 Å². The van der Waals surface area contributed by atoms with Crippen molar-refractivity contribution in [3.8, 4) is 10.0 Å². The molecule has 9 nitrogen and oxygen atoms in total. The number of rotatable bonds is 4. The number of thiophene rings is 2. The summed E-state index contributed by atoms with van der Waals surface area (Å²) >= 11 is 10.4. The van der Waals surface area contributed by atoms with Gasteiger partial charge in [-0.1, -0.05) is 60.7 Å². The van der Waals surface area contributed by atoms with Crippen LogP contribution in [0.5, 0.6) is 0 Å². The molecule has 0 unspecified atom stereocenters. The van der Waals surface area contributed by atoms with E-state index in [0.29, 0.717) is 13.2 Å². The minimum atomic E-state index is -0.0563. The molecule has 0 saturated heterocycles. The first-order chi connectivity index (χ1) is 23.3. The number of benzene rings is 2. The zero-order valence-corrected chi connectivity index (χ0v) is 31.1. The second kappa shape index (κ2) is 15.5. The Morgan fingerprint density at radius 1 is 0.812 bits per heavy atom. The van der Waals surface area contributed by atoms with E-state index in [4.69, 9.17) is 9.47 Å². The van der Waals surface area contributed by atoms with Crippen LogP contribution in [0.4, 0.5) is 0 Å². The Bertz CT molecular complexity index is 2010. The monoisotopic (exact) mass is 758 g/mol. The molecule has 0 spiro atoms. The molecule has 6 aromatic rings. The second-order valence-corrected chi connectivity index (χ2v) is 14.8. The van der Waals surface area contributed by atoms with Crippen LogP contribution >= 0.6 is 51.4 Å². The van der Waals surface area contributed by atoms with E-state index >= 15 is 0 Å². The first-order valence-corrected chi connectivity index (χ1v) is 18.3. The van der Waals surface area contributed by atoms with E-state index in [0.717, 1.165) is 39.9 Å². The summed E-state index contributed by atoms with van der Waals surface area (Å²) in [4.78, 5) is 0. The molecule has 6 heterocycles. The van der Waals surface area contributed by atoms with E-state index in [1.54, 1.807) is 22.7 Å². The summed E-state index contributed by atoms with van der Waals surface area (Å²) in [6.07, 6.45) is 1.73. The number of hydrogen-bond acceptors (Lipinski definition) is 10. The topological polar surface area (TPSA) is 92.2 Å². The van der Waals surface area contributed by atoms with Gasteiger partial charge in [0.25, 0.3) is 0 Å². The molecule has 0 amide bonds. The Balaban J connectivity index is 0.000000155. The van der Waals surface area contributed by atoms with Crippen LogP contribution < -0.4 is 0 Å². The van der Waals surface area contributed by atoms with Crippen molar-refractivity contribution in [1.82, 2.24) is 29.5 Å². The second-order valence-electron chi connectivity index (χ2n) is 11.4. The predicted octanol–water partition coefficient (Wildman–Crippen LogP) is 8.58. The van der Waals surface area contributed by atoms with Gasteiger partial charge in [-0.2, -0.15) is 0 Å². The van der Waals surface area contributed by atoms with Crippen molar-refractivity contribution in [3.05, 3.63) is 127 Å². The first-order valence-electron chi connectivity index (χ1n) is 15.4. The number of halogens is 1. The van der Waals surface area contributed by atoms with Gasteiger partial charge in [0.1, 0.15) is 33.9 Å². The summed E-state index contributed by atoms with van der Waals surface area (Å²) in [6.45, 7) is 9.28. The molecule has 48 heavy (non-hydrogen) atoms. The van der Waals surface area contributed by atoms with Crippen molar-refractivity contribution in [3.63, 3.8) is 0 Å². The van der Waals surface area contributed by atoms with Gasteiger partial charge in [0.05, 0.1) is 17.0 Å². The third-order valence-electron chi connectivity index (χ3n) is 8.25. The quantitative estimate of drug-likeness (QED) is 0.143. The van der Waals surface area contributed by atoms with Crippen LogP contribution in [-0.4, -0.2) is 37.2 Å². The van der Waals surface area contributed by atoms with Crippen molar-refractivity contribution < 1.29 is 9.47 Å². The van der Waals surface area contributed by atoms with Crippen LogP contribution in [0.25, 0.3) is 10.0 Å². The van der Waals surface area contributed by atoms with Gasteiger partial charge in [0.15, 0.2) is 11.6 Å². The molecule has 2 aliphatic rings. The Kier molecular flexibility index (Phi) is 11.2. The average Bonchev–Trinajstić information content (AvgIpc) is 3.81. The predicted molar refractivity (Wildman–Crippen MR) is 198 cm³/mol. The zero-order valence-electron chi connectivity index (χ0n) is 27.0. The SMILES string of the molecule is Cc1nnc2n1-c1sc(Br)c(Cc3ccccc3)c1CO[C@H]2C.Cc1nnc2n1-c1scc(Cc3ccccc3)c1CO[C@H]2C.[B]=NS.